The molecule has 0 bridgehead atoms. The molecule has 0 amide bonds. The molecule has 3 nitrogen and oxygen atoms in total. The summed E-state index contributed by atoms with van der Waals surface area (Å²) < 4.78 is 5.36. The van der Waals surface area contributed by atoms with E-state index < -0.39 is 0 Å². The maximum Gasteiger partial charge on any atom is 0.139 e. The zero-order chi connectivity index (χ0) is 12.1. The van der Waals surface area contributed by atoms with Crippen LogP contribution in [0.2, 0.25) is 0 Å². The number of furan rings is 1. The smallest absolute Gasteiger partial charge is 0.139 e. The van der Waals surface area contributed by atoms with Gasteiger partial charge in [-0.3, -0.25) is 0 Å². The molecule has 0 aliphatic rings. The molecule has 1 unspecified atom stereocenters. The number of pyridine rings is 1. The second-order valence-corrected chi connectivity index (χ2v) is 4.53. The Hall–Kier alpha value is -1.51. The average molecular weight is 232 g/mol. The quantitative estimate of drug-likeness (QED) is 0.758. The van der Waals surface area contributed by atoms with E-state index in [1.54, 1.807) is 12.5 Å². The third-order valence-corrected chi connectivity index (χ3v) is 3.00. The van der Waals surface area contributed by atoms with E-state index in [1.807, 2.05) is 12.1 Å². The predicted octanol–water partition coefficient (Wildman–Crippen LogP) is 4.21. The van der Waals surface area contributed by atoms with Crippen molar-refractivity contribution in [3.63, 3.8) is 0 Å². The number of aromatic nitrogens is 1. The molecule has 0 fully saturated rings. The monoisotopic (exact) mass is 232 g/mol. The summed E-state index contributed by atoms with van der Waals surface area (Å²) in [6.45, 7) is 4.43. The highest BCUT2D eigenvalue weighted by molar-refractivity contribution is 5.87. The Morgan fingerprint density at radius 3 is 3.06 bits per heavy atom. The Morgan fingerprint density at radius 1 is 1.35 bits per heavy atom. The molecule has 2 heterocycles. The van der Waals surface area contributed by atoms with E-state index >= 15 is 0 Å². The van der Waals surface area contributed by atoms with Gasteiger partial charge in [0.1, 0.15) is 11.4 Å². The largest absolute Gasteiger partial charge is 0.464 e. The van der Waals surface area contributed by atoms with Gasteiger partial charge in [-0.2, -0.15) is 0 Å². The molecule has 1 N–H and O–H groups in total. The molecule has 0 aromatic carbocycles. The van der Waals surface area contributed by atoms with Crippen molar-refractivity contribution in [1.82, 2.24) is 4.98 Å². The van der Waals surface area contributed by atoms with Crippen molar-refractivity contribution in [1.29, 1.82) is 0 Å². The minimum absolute atomic E-state index is 0.453. The van der Waals surface area contributed by atoms with E-state index in [0.717, 1.165) is 16.8 Å². The lowest BCUT2D eigenvalue weighted by atomic mass is 10.1. The van der Waals surface area contributed by atoms with E-state index in [9.17, 15) is 0 Å². The van der Waals surface area contributed by atoms with E-state index in [2.05, 4.69) is 24.1 Å². The van der Waals surface area contributed by atoms with Crippen molar-refractivity contribution in [2.24, 2.45) is 0 Å². The van der Waals surface area contributed by atoms with Gasteiger partial charge < -0.3 is 9.73 Å². The normalized spacial score (nSPS) is 12.8. The fourth-order valence-corrected chi connectivity index (χ4v) is 2.02. The molecule has 0 saturated carbocycles. The maximum atomic E-state index is 5.36. The van der Waals surface area contributed by atoms with Crippen LogP contribution in [0.5, 0.6) is 0 Å². The van der Waals surface area contributed by atoms with Crippen molar-refractivity contribution in [3.8, 4) is 0 Å². The SMILES string of the molecule is CCCCCC(C)Nc1nccc2occc12. The highest BCUT2D eigenvalue weighted by Gasteiger charge is 2.07. The summed E-state index contributed by atoms with van der Waals surface area (Å²) in [4.78, 5) is 4.38. The Labute approximate surface area is 102 Å². The summed E-state index contributed by atoms with van der Waals surface area (Å²) in [5.41, 5.74) is 0.892. The average Bonchev–Trinajstić information content (AvgIpc) is 2.78. The van der Waals surface area contributed by atoms with Crippen LogP contribution in [0.4, 0.5) is 5.82 Å². The van der Waals surface area contributed by atoms with Gasteiger partial charge in [-0.15, -0.1) is 0 Å². The zero-order valence-electron chi connectivity index (χ0n) is 10.6. The van der Waals surface area contributed by atoms with Crippen LogP contribution in [0.1, 0.15) is 39.5 Å². The van der Waals surface area contributed by atoms with Crippen molar-refractivity contribution in [2.45, 2.75) is 45.6 Å². The summed E-state index contributed by atoms with van der Waals surface area (Å²) in [7, 11) is 0. The first-order valence-electron chi connectivity index (χ1n) is 6.40. The lowest BCUT2D eigenvalue weighted by Crippen LogP contribution is -2.15. The fraction of sp³-hybridized carbons (Fsp3) is 0.500. The van der Waals surface area contributed by atoms with E-state index in [0.29, 0.717) is 6.04 Å². The zero-order valence-corrected chi connectivity index (χ0v) is 10.6. The van der Waals surface area contributed by atoms with Gasteiger partial charge in [-0.1, -0.05) is 26.2 Å². The second kappa shape index (κ2) is 5.71. The third-order valence-electron chi connectivity index (χ3n) is 3.00. The van der Waals surface area contributed by atoms with Gasteiger partial charge in [0.05, 0.1) is 11.6 Å². The maximum absolute atomic E-state index is 5.36. The Bertz CT molecular complexity index is 464. The molecule has 0 aliphatic heterocycles. The molecule has 0 spiro atoms. The molecular weight excluding hydrogens is 212 g/mol. The predicted molar refractivity (Wildman–Crippen MR) is 71.2 cm³/mol. The highest BCUT2D eigenvalue weighted by Crippen LogP contribution is 2.22. The number of rotatable bonds is 6. The molecule has 1 atom stereocenters. The number of nitrogens with zero attached hydrogens (tertiary/aromatic N) is 1. The first-order chi connectivity index (χ1) is 8.31. The van der Waals surface area contributed by atoms with Crippen LogP contribution in [0.3, 0.4) is 0 Å². The van der Waals surface area contributed by atoms with Gasteiger partial charge in [0.2, 0.25) is 0 Å². The molecular formula is C14H20N2O. The Kier molecular flexibility index (Phi) is 4.02. The summed E-state index contributed by atoms with van der Waals surface area (Å²) in [5, 5.41) is 4.52. The van der Waals surface area contributed by atoms with Gasteiger partial charge in [0.25, 0.3) is 0 Å². The lowest BCUT2D eigenvalue weighted by molar-refractivity contribution is 0.612. The molecule has 3 heteroatoms. The van der Waals surface area contributed by atoms with Crippen molar-refractivity contribution >= 4 is 16.8 Å². The van der Waals surface area contributed by atoms with Gasteiger partial charge in [-0.05, 0) is 25.5 Å². The molecule has 92 valence electrons. The molecule has 0 saturated heterocycles. The van der Waals surface area contributed by atoms with Crippen LogP contribution in [0, 0.1) is 0 Å². The van der Waals surface area contributed by atoms with Gasteiger partial charge in [0, 0.05) is 12.2 Å². The Morgan fingerprint density at radius 2 is 2.24 bits per heavy atom. The first-order valence-corrected chi connectivity index (χ1v) is 6.40. The summed E-state index contributed by atoms with van der Waals surface area (Å²) in [6, 6.07) is 4.31. The van der Waals surface area contributed by atoms with Gasteiger partial charge in [0.15, 0.2) is 0 Å². The highest BCUT2D eigenvalue weighted by atomic mass is 16.3. The van der Waals surface area contributed by atoms with E-state index in [4.69, 9.17) is 4.42 Å². The van der Waals surface area contributed by atoms with Crippen LogP contribution in [0.25, 0.3) is 11.0 Å². The number of fused-ring (bicyclic) bond motifs is 1. The van der Waals surface area contributed by atoms with Crippen LogP contribution in [0.15, 0.2) is 29.0 Å². The standard InChI is InChI=1S/C14H20N2O/c1-3-4-5-6-11(2)16-14-12-8-10-17-13(12)7-9-15-14/h7-11H,3-6H2,1-2H3,(H,15,16). The lowest BCUT2D eigenvalue weighted by Gasteiger charge is -2.14. The second-order valence-electron chi connectivity index (χ2n) is 4.53. The minimum atomic E-state index is 0.453. The van der Waals surface area contributed by atoms with E-state index in [1.165, 1.54) is 25.7 Å². The summed E-state index contributed by atoms with van der Waals surface area (Å²) in [6.07, 6.45) is 8.51. The van der Waals surface area contributed by atoms with Crippen LogP contribution in [-0.4, -0.2) is 11.0 Å². The van der Waals surface area contributed by atoms with E-state index in [-0.39, 0.29) is 0 Å². The van der Waals surface area contributed by atoms with Crippen LogP contribution < -0.4 is 5.32 Å². The Balaban J connectivity index is 2.00. The minimum Gasteiger partial charge on any atom is -0.464 e. The topological polar surface area (TPSA) is 38.1 Å². The van der Waals surface area contributed by atoms with Crippen molar-refractivity contribution in [3.05, 3.63) is 24.6 Å². The molecule has 2 aromatic rings. The molecule has 0 aliphatic carbocycles. The fourth-order valence-electron chi connectivity index (χ4n) is 2.02. The molecule has 2 aromatic heterocycles. The number of hydrogen-bond acceptors (Lipinski definition) is 3. The number of anilines is 1. The van der Waals surface area contributed by atoms with Gasteiger partial charge in [-0.25, -0.2) is 4.98 Å². The van der Waals surface area contributed by atoms with Gasteiger partial charge >= 0.3 is 0 Å². The number of hydrogen-bond donors (Lipinski definition) is 1. The number of unbranched alkanes of at least 4 members (excludes halogenated alkanes) is 2. The summed E-state index contributed by atoms with van der Waals surface area (Å²) >= 11 is 0. The van der Waals surface area contributed by atoms with Crippen molar-refractivity contribution in [2.75, 3.05) is 5.32 Å². The third kappa shape index (κ3) is 2.99. The van der Waals surface area contributed by atoms with Crippen LogP contribution >= 0.6 is 0 Å². The first kappa shape index (κ1) is 12.0. The molecule has 17 heavy (non-hydrogen) atoms. The summed E-state index contributed by atoms with van der Waals surface area (Å²) in [5.74, 6) is 0.931. The molecule has 0 radical (unpaired) electrons. The number of nitrogens with one attached hydrogen (secondary N) is 1. The van der Waals surface area contributed by atoms with Crippen molar-refractivity contribution < 1.29 is 4.42 Å². The van der Waals surface area contributed by atoms with Crippen LogP contribution in [-0.2, 0) is 0 Å². The molecule has 2 rings (SSSR count).